The van der Waals surface area contributed by atoms with Crippen molar-refractivity contribution in [2.24, 2.45) is 0 Å². The van der Waals surface area contributed by atoms with Gasteiger partial charge in [0.2, 0.25) is 17.6 Å². The molecule has 0 bridgehead atoms. The Morgan fingerprint density at radius 1 is 1.07 bits per heavy atom. The molecule has 1 aromatic heterocycles. The first-order valence-corrected chi connectivity index (χ1v) is 9.80. The van der Waals surface area contributed by atoms with Gasteiger partial charge in [0.05, 0.1) is 12.0 Å². The largest absolute Gasteiger partial charge is 0.337 e. The molecule has 0 saturated heterocycles. The van der Waals surface area contributed by atoms with Crippen LogP contribution in [0.5, 0.6) is 0 Å². The van der Waals surface area contributed by atoms with E-state index in [2.05, 4.69) is 22.3 Å². The number of carbonyl (C=O) groups is 1. The van der Waals surface area contributed by atoms with E-state index < -0.39 is 5.41 Å². The molecule has 1 heterocycles. The summed E-state index contributed by atoms with van der Waals surface area (Å²) < 4.78 is 5.44. The van der Waals surface area contributed by atoms with Gasteiger partial charge in [-0.25, -0.2) is 0 Å². The van der Waals surface area contributed by atoms with E-state index >= 15 is 0 Å². The fourth-order valence-electron chi connectivity index (χ4n) is 4.25. The van der Waals surface area contributed by atoms with E-state index in [4.69, 9.17) is 4.52 Å². The summed E-state index contributed by atoms with van der Waals surface area (Å²) in [5.41, 5.74) is 2.71. The molecular formula is C23H25N3O2. The third kappa shape index (κ3) is 3.33. The number of nitrogens with zero attached hydrogens (tertiary/aromatic N) is 3. The molecule has 5 nitrogen and oxygen atoms in total. The topological polar surface area (TPSA) is 59.2 Å². The van der Waals surface area contributed by atoms with Crippen LogP contribution in [0.2, 0.25) is 0 Å². The highest BCUT2D eigenvalue weighted by atomic mass is 16.5. The van der Waals surface area contributed by atoms with Crippen LogP contribution in [0.25, 0.3) is 11.4 Å². The number of carbonyl (C=O) groups excluding carboxylic acids is 1. The second-order valence-corrected chi connectivity index (χ2v) is 7.64. The van der Waals surface area contributed by atoms with E-state index in [0.717, 1.165) is 42.4 Å². The average molecular weight is 375 g/mol. The zero-order valence-corrected chi connectivity index (χ0v) is 16.4. The Balaban J connectivity index is 1.54. The van der Waals surface area contributed by atoms with E-state index in [9.17, 15) is 4.79 Å². The lowest BCUT2D eigenvalue weighted by molar-refractivity contribution is -0.136. The summed E-state index contributed by atoms with van der Waals surface area (Å²) in [6.45, 7) is 2.33. The maximum Gasteiger partial charge on any atom is 0.246 e. The van der Waals surface area contributed by atoms with Gasteiger partial charge in [0.1, 0.15) is 0 Å². The van der Waals surface area contributed by atoms with E-state index in [1.54, 1.807) is 4.90 Å². The maximum atomic E-state index is 13.4. The fourth-order valence-corrected chi connectivity index (χ4v) is 4.25. The minimum Gasteiger partial charge on any atom is -0.337 e. The molecule has 3 aromatic rings. The monoisotopic (exact) mass is 375 g/mol. The van der Waals surface area contributed by atoms with Gasteiger partial charge in [-0.15, -0.1) is 0 Å². The molecule has 0 spiro atoms. The Morgan fingerprint density at radius 2 is 1.75 bits per heavy atom. The van der Waals surface area contributed by atoms with Gasteiger partial charge >= 0.3 is 0 Å². The smallest absolute Gasteiger partial charge is 0.246 e. The number of amides is 1. The molecule has 1 saturated carbocycles. The lowest BCUT2D eigenvalue weighted by Gasteiger charge is -2.32. The number of aryl methyl sites for hydroxylation is 1. The molecule has 0 aliphatic heterocycles. The summed E-state index contributed by atoms with van der Waals surface area (Å²) in [6, 6.07) is 18.1. The standard InChI is InChI=1S/C23H25N3O2/c1-17-10-6-7-13-19(17)21-24-20(28-25-21)16-26(2)22(27)23(14-8-9-15-23)18-11-4-3-5-12-18/h3-7,10-13H,8-9,14-16H2,1-2H3. The van der Waals surface area contributed by atoms with Crippen molar-refractivity contribution >= 4 is 5.91 Å². The minimum absolute atomic E-state index is 0.131. The first-order chi connectivity index (χ1) is 13.6. The Bertz CT molecular complexity index is 959. The normalized spacial score (nSPS) is 15.5. The SMILES string of the molecule is Cc1ccccc1-c1noc(CN(C)C(=O)C2(c3ccccc3)CCCC2)n1. The van der Waals surface area contributed by atoms with Gasteiger partial charge in [-0.3, -0.25) is 4.79 Å². The molecule has 0 N–H and O–H groups in total. The quantitative estimate of drug-likeness (QED) is 0.658. The number of likely N-dealkylation sites (N-methyl/N-ethyl adjacent to an activating group) is 1. The molecule has 1 aliphatic carbocycles. The Kier molecular flexibility index (Phi) is 4.99. The van der Waals surface area contributed by atoms with Gasteiger partial charge in [-0.05, 0) is 30.9 Å². The molecule has 1 aliphatic rings. The van der Waals surface area contributed by atoms with Crippen LogP contribution in [-0.4, -0.2) is 28.0 Å². The summed E-state index contributed by atoms with van der Waals surface area (Å²) in [4.78, 5) is 19.7. The van der Waals surface area contributed by atoms with Gasteiger partial charge in [0.15, 0.2) is 0 Å². The van der Waals surface area contributed by atoms with Crippen molar-refractivity contribution in [1.29, 1.82) is 0 Å². The van der Waals surface area contributed by atoms with Crippen molar-refractivity contribution in [2.75, 3.05) is 7.05 Å². The molecule has 1 fully saturated rings. The van der Waals surface area contributed by atoms with Crippen LogP contribution < -0.4 is 0 Å². The zero-order valence-electron chi connectivity index (χ0n) is 16.4. The van der Waals surface area contributed by atoms with Gasteiger partial charge in [0.25, 0.3) is 0 Å². The predicted molar refractivity (Wildman–Crippen MR) is 108 cm³/mol. The first-order valence-electron chi connectivity index (χ1n) is 9.80. The van der Waals surface area contributed by atoms with Crippen LogP contribution in [-0.2, 0) is 16.8 Å². The molecule has 1 amide bonds. The van der Waals surface area contributed by atoms with Crippen LogP contribution in [0.4, 0.5) is 0 Å². The summed E-state index contributed by atoms with van der Waals surface area (Å²) in [5.74, 6) is 1.15. The first kappa shape index (κ1) is 18.4. The minimum atomic E-state index is -0.436. The van der Waals surface area contributed by atoms with Gasteiger partial charge < -0.3 is 9.42 Å². The van der Waals surface area contributed by atoms with E-state index in [-0.39, 0.29) is 5.91 Å². The van der Waals surface area contributed by atoms with Crippen molar-refractivity contribution in [2.45, 2.75) is 44.6 Å². The molecule has 0 radical (unpaired) electrons. The lowest BCUT2D eigenvalue weighted by Crippen LogP contribution is -2.43. The van der Waals surface area contributed by atoms with E-state index in [1.807, 2.05) is 56.4 Å². The Labute approximate surface area is 165 Å². The summed E-state index contributed by atoms with van der Waals surface area (Å²) in [7, 11) is 1.82. The number of hydrogen-bond acceptors (Lipinski definition) is 4. The lowest BCUT2D eigenvalue weighted by atomic mass is 9.77. The van der Waals surface area contributed by atoms with Crippen molar-refractivity contribution in [3.8, 4) is 11.4 Å². The summed E-state index contributed by atoms with van der Waals surface area (Å²) in [5, 5.41) is 4.11. The van der Waals surface area contributed by atoms with E-state index in [0.29, 0.717) is 18.3 Å². The average Bonchev–Trinajstić information content (AvgIpc) is 3.39. The Hall–Kier alpha value is -2.95. The number of aromatic nitrogens is 2. The van der Waals surface area contributed by atoms with Gasteiger partial charge in [-0.2, -0.15) is 4.98 Å². The highest BCUT2D eigenvalue weighted by Crippen LogP contribution is 2.42. The molecule has 0 unspecified atom stereocenters. The summed E-state index contributed by atoms with van der Waals surface area (Å²) >= 11 is 0. The molecule has 144 valence electrons. The molecule has 2 aromatic carbocycles. The fraction of sp³-hybridized carbons (Fsp3) is 0.348. The van der Waals surface area contributed by atoms with Gasteiger partial charge in [-0.1, -0.05) is 72.6 Å². The molecular weight excluding hydrogens is 350 g/mol. The van der Waals surface area contributed by atoms with Crippen molar-refractivity contribution < 1.29 is 9.32 Å². The molecule has 0 atom stereocenters. The highest BCUT2D eigenvalue weighted by molar-refractivity contribution is 5.88. The van der Waals surface area contributed by atoms with Crippen LogP contribution >= 0.6 is 0 Å². The number of hydrogen-bond donors (Lipinski definition) is 0. The molecule has 28 heavy (non-hydrogen) atoms. The predicted octanol–water partition coefficient (Wildman–Crippen LogP) is 4.52. The number of rotatable bonds is 5. The summed E-state index contributed by atoms with van der Waals surface area (Å²) in [6.07, 6.45) is 3.93. The second kappa shape index (κ2) is 7.58. The number of benzene rings is 2. The van der Waals surface area contributed by atoms with Gasteiger partial charge in [0, 0.05) is 12.6 Å². The maximum absolute atomic E-state index is 13.4. The third-order valence-electron chi connectivity index (χ3n) is 5.77. The Morgan fingerprint density at radius 3 is 2.46 bits per heavy atom. The molecule has 5 heteroatoms. The van der Waals surface area contributed by atoms with Crippen LogP contribution in [0.15, 0.2) is 59.1 Å². The van der Waals surface area contributed by atoms with Crippen molar-refractivity contribution in [1.82, 2.24) is 15.0 Å². The van der Waals surface area contributed by atoms with Crippen LogP contribution in [0.1, 0.15) is 42.7 Å². The van der Waals surface area contributed by atoms with Crippen molar-refractivity contribution in [3.05, 3.63) is 71.6 Å². The van der Waals surface area contributed by atoms with Crippen molar-refractivity contribution in [3.63, 3.8) is 0 Å². The molecule has 4 rings (SSSR count). The third-order valence-corrected chi connectivity index (χ3v) is 5.77. The second-order valence-electron chi connectivity index (χ2n) is 7.64. The van der Waals surface area contributed by atoms with E-state index in [1.165, 1.54) is 0 Å². The van der Waals surface area contributed by atoms with Crippen LogP contribution in [0, 0.1) is 6.92 Å². The highest BCUT2D eigenvalue weighted by Gasteiger charge is 2.44. The zero-order chi connectivity index (χ0) is 19.6. The van der Waals surface area contributed by atoms with Crippen LogP contribution in [0.3, 0.4) is 0 Å².